The Balaban J connectivity index is 1.28. The van der Waals surface area contributed by atoms with E-state index in [4.69, 9.17) is 4.42 Å². The predicted molar refractivity (Wildman–Crippen MR) is 202 cm³/mol. The van der Waals surface area contributed by atoms with Crippen molar-refractivity contribution in [1.82, 2.24) is 0 Å². The highest BCUT2D eigenvalue weighted by molar-refractivity contribution is 6.23. The summed E-state index contributed by atoms with van der Waals surface area (Å²) in [5.41, 5.74) is 11.9. The molecular formula is C46H31NO. The summed E-state index contributed by atoms with van der Waals surface area (Å²) in [4.78, 5) is 2.33. The molecule has 0 saturated carbocycles. The van der Waals surface area contributed by atoms with Crippen LogP contribution in [0.2, 0.25) is 0 Å². The molecule has 1 heterocycles. The van der Waals surface area contributed by atoms with Gasteiger partial charge < -0.3 is 9.32 Å². The molecule has 48 heavy (non-hydrogen) atoms. The first kappa shape index (κ1) is 27.9. The fraction of sp³-hybridized carbons (Fsp3) is 0. The van der Waals surface area contributed by atoms with Crippen LogP contribution in [0.25, 0.3) is 66.1 Å². The van der Waals surface area contributed by atoms with Crippen LogP contribution in [0.15, 0.2) is 192 Å². The number of hydrogen-bond donors (Lipinski definition) is 0. The van der Waals surface area contributed by atoms with Crippen molar-refractivity contribution in [3.8, 4) is 33.4 Å². The fourth-order valence-electron chi connectivity index (χ4n) is 7.00. The minimum Gasteiger partial charge on any atom is -0.454 e. The molecule has 0 bridgehead atoms. The van der Waals surface area contributed by atoms with Gasteiger partial charge in [-0.05, 0) is 80.6 Å². The molecule has 2 nitrogen and oxygen atoms in total. The molecule has 0 unspecified atom stereocenters. The molecule has 0 amide bonds. The Bertz CT molecular complexity index is 2530. The molecule has 1 aromatic heterocycles. The van der Waals surface area contributed by atoms with Gasteiger partial charge in [0.05, 0.1) is 5.69 Å². The Morgan fingerprint density at radius 3 is 1.60 bits per heavy atom. The minimum atomic E-state index is 0.861. The molecule has 0 N–H and O–H groups in total. The van der Waals surface area contributed by atoms with E-state index in [1.165, 1.54) is 38.6 Å². The number of nitrogens with zero attached hydrogens (tertiary/aromatic N) is 1. The average molecular weight is 614 g/mol. The van der Waals surface area contributed by atoms with Crippen LogP contribution in [0.5, 0.6) is 0 Å². The third-order valence-electron chi connectivity index (χ3n) is 9.25. The van der Waals surface area contributed by atoms with E-state index >= 15 is 0 Å². The Kier molecular flexibility index (Phi) is 6.84. The highest BCUT2D eigenvalue weighted by Crippen LogP contribution is 2.46. The summed E-state index contributed by atoms with van der Waals surface area (Å²) in [5, 5.41) is 4.64. The quantitative estimate of drug-likeness (QED) is 0.185. The van der Waals surface area contributed by atoms with Gasteiger partial charge in [0.2, 0.25) is 0 Å². The molecule has 226 valence electrons. The number of hydrogen-bond acceptors (Lipinski definition) is 2. The standard InChI is InChI=1S/C46H31NO/c1-4-14-32(15-5-1)34-26-28-37(29-27-34)47(38-21-12-20-36(30-38)33-16-6-2-7-17-33)43-25-13-24-41-45-40-23-11-10-22-39(40)42(31-44(45)48-46(41)43)35-18-8-3-9-19-35/h1-31H. The molecule has 0 aliphatic rings. The molecule has 0 radical (unpaired) electrons. The lowest BCUT2D eigenvalue weighted by Gasteiger charge is -2.26. The normalized spacial score (nSPS) is 11.3. The smallest absolute Gasteiger partial charge is 0.159 e. The first-order chi connectivity index (χ1) is 23.8. The van der Waals surface area contributed by atoms with Gasteiger partial charge in [0, 0.05) is 22.1 Å². The van der Waals surface area contributed by atoms with E-state index in [1.54, 1.807) is 0 Å². The maximum absolute atomic E-state index is 6.94. The first-order valence-electron chi connectivity index (χ1n) is 16.4. The molecule has 9 aromatic rings. The monoisotopic (exact) mass is 613 g/mol. The third-order valence-corrected chi connectivity index (χ3v) is 9.25. The van der Waals surface area contributed by atoms with Crippen LogP contribution in [0.4, 0.5) is 17.1 Å². The van der Waals surface area contributed by atoms with E-state index in [9.17, 15) is 0 Å². The van der Waals surface area contributed by atoms with Gasteiger partial charge in [-0.3, -0.25) is 0 Å². The summed E-state index contributed by atoms with van der Waals surface area (Å²) in [5.74, 6) is 0. The first-order valence-corrected chi connectivity index (χ1v) is 16.4. The summed E-state index contributed by atoms with van der Waals surface area (Å²) < 4.78 is 6.94. The zero-order chi connectivity index (χ0) is 31.9. The number of benzene rings is 8. The van der Waals surface area contributed by atoms with E-state index in [0.717, 1.165) is 44.6 Å². The summed E-state index contributed by atoms with van der Waals surface area (Å²) in [7, 11) is 0. The van der Waals surface area contributed by atoms with Gasteiger partial charge in [0.1, 0.15) is 5.58 Å². The van der Waals surface area contributed by atoms with Gasteiger partial charge in [-0.2, -0.15) is 0 Å². The Labute approximate surface area is 279 Å². The number of anilines is 3. The van der Waals surface area contributed by atoms with E-state index in [2.05, 4.69) is 193 Å². The van der Waals surface area contributed by atoms with Crippen LogP contribution < -0.4 is 4.90 Å². The van der Waals surface area contributed by atoms with Crippen molar-refractivity contribution in [2.75, 3.05) is 4.90 Å². The highest BCUT2D eigenvalue weighted by atomic mass is 16.3. The number of furan rings is 1. The second-order valence-corrected chi connectivity index (χ2v) is 12.1. The van der Waals surface area contributed by atoms with E-state index in [0.29, 0.717) is 0 Å². The molecule has 2 heteroatoms. The maximum Gasteiger partial charge on any atom is 0.159 e. The van der Waals surface area contributed by atoms with Crippen molar-refractivity contribution in [1.29, 1.82) is 0 Å². The molecule has 8 aromatic carbocycles. The van der Waals surface area contributed by atoms with Crippen molar-refractivity contribution < 1.29 is 4.42 Å². The maximum atomic E-state index is 6.94. The molecule has 0 fully saturated rings. The zero-order valence-electron chi connectivity index (χ0n) is 26.3. The second kappa shape index (κ2) is 11.8. The fourth-order valence-corrected chi connectivity index (χ4v) is 7.00. The largest absolute Gasteiger partial charge is 0.454 e. The van der Waals surface area contributed by atoms with Gasteiger partial charge in [0.25, 0.3) is 0 Å². The second-order valence-electron chi connectivity index (χ2n) is 12.1. The van der Waals surface area contributed by atoms with Crippen LogP contribution in [0, 0.1) is 0 Å². The third kappa shape index (κ3) is 4.83. The lowest BCUT2D eigenvalue weighted by atomic mass is 9.95. The number of fused-ring (bicyclic) bond motifs is 5. The Hall–Kier alpha value is -6.38. The number of rotatable bonds is 6. The summed E-state index contributed by atoms with van der Waals surface area (Å²) in [6, 6.07) is 66.7. The van der Waals surface area contributed by atoms with Gasteiger partial charge in [-0.25, -0.2) is 0 Å². The summed E-state index contributed by atoms with van der Waals surface area (Å²) in [6.45, 7) is 0. The average Bonchev–Trinajstić information content (AvgIpc) is 3.56. The summed E-state index contributed by atoms with van der Waals surface area (Å²) in [6.07, 6.45) is 0. The Morgan fingerprint density at radius 1 is 0.354 bits per heavy atom. The predicted octanol–water partition coefficient (Wildman–Crippen LogP) is 13.2. The molecule has 0 atom stereocenters. The lowest BCUT2D eigenvalue weighted by molar-refractivity contribution is 0.669. The van der Waals surface area contributed by atoms with E-state index < -0.39 is 0 Å². The molecule has 0 aliphatic carbocycles. The van der Waals surface area contributed by atoms with Crippen LogP contribution in [-0.2, 0) is 0 Å². The zero-order valence-corrected chi connectivity index (χ0v) is 26.3. The van der Waals surface area contributed by atoms with Gasteiger partial charge in [-0.15, -0.1) is 0 Å². The van der Waals surface area contributed by atoms with Gasteiger partial charge in [-0.1, -0.05) is 152 Å². The van der Waals surface area contributed by atoms with Crippen LogP contribution in [0.3, 0.4) is 0 Å². The molecule has 9 rings (SSSR count). The SMILES string of the molecule is c1ccc(-c2ccc(N(c3cccc(-c4ccccc4)c3)c3cccc4c3oc3cc(-c5ccccc5)c5ccccc5c34)cc2)cc1. The van der Waals surface area contributed by atoms with Crippen LogP contribution >= 0.6 is 0 Å². The van der Waals surface area contributed by atoms with Crippen LogP contribution in [0.1, 0.15) is 0 Å². The van der Waals surface area contributed by atoms with Crippen LogP contribution in [-0.4, -0.2) is 0 Å². The van der Waals surface area contributed by atoms with E-state index in [-0.39, 0.29) is 0 Å². The molecular weight excluding hydrogens is 583 g/mol. The lowest BCUT2D eigenvalue weighted by Crippen LogP contribution is -2.10. The molecule has 0 aliphatic heterocycles. The Morgan fingerprint density at radius 2 is 0.896 bits per heavy atom. The van der Waals surface area contributed by atoms with E-state index in [1.807, 2.05) is 0 Å². The van der Waals surface area contributed by atoms with Gasteiger partial charge >= 0.3 is 0 Å². The minimum absolute atomic E-state index is 0.861. The van der Waals surface area contributed by atoms with Crippen molar-refractivity contribution in [2.24, 2.45) is 0 Å². The highest BCUT2D eigenvalue weighted by Gasteiger charge is 2.22. The van der Waals surface area contributed by atoms with Crippen molar-refractivity contribution in [2.45, 2.75) is 0 Å². The summed E-state index contributed by atoms with van der Waals surface area (Å²) >= 11 is 0. The molecule has 0 saturated heterocycles. The van der Waals surface area contributed by atoms with Gasteiger partial charge in [0.15, 0.2) is 5.58 Å². The topological polar surface area (TPSA) is 16.4 Å². The van der Waals surface area contributed by atoms with Crippen molar-refractivity contribution in [3.63, 3.8) is 0 Å². The number of para-hydroxylation sites is 1. The molecule has 0 spiro atoms. The van der Waals surface area contributed by atoms with Crippen molar-refractivity contribution in [3.05, 3.63) is 188 Å². The van der Waals surface area contributed by atoms with Crippen molar-refractivity contribution >= 4 is 49.8 Å².